The summed E-state index contributed by atoms with van der Waals surface area (Å²) in [4.78, 5) is 31.8. The standard InChI is InChI=1S/C10H10IN3O5/c11-6-1-2-7(8(3-6)14(18)19)12-4-9(15)13-5-10(16)17/h1-3,12H,4-5H2,(H,13,15)(H,16,17). The molecule has 0 aromatic heterocycles. The lowest BCUT2D eigenvalue weighted by Gasteiger charge is -2.07. The summed E-state index contributed by atoms with van der Waals surface area (Å²) in [5.74, 6) is -1.72. The van der Waals surface area contributed by atoms with Crippen molar-refractivity contribution < 1.29 is 19.6 Å². The quantitative estimate of drug-likeness (QED) is 0.382. The lowest BCUT2D eigenvalue weighted by atomic mass is 10.2. The number of hydrogen-bond donors (Lipinski definition) is 3. The van der Waals surface area contributed by atoms with Crippen LogP contribution < -0.4 is 10.6 Å². The second kappa shape index (κ2) is 6.87. The van der Waals surface area contributed by atoms with Gasteiger partial charge in [0.25, 0.3) is 5.69 Å². The third-order valence-electron chi connectivity index (χ3n) is 2.03. The number of carbonyl (C=O) groups is 2. The van der Waals surface area contributed by atoms with Gasteiger partial charge in [0, 0.05) is 9.64 Å². The van der Waals surface area contributed by atoms with E-state index in [4.69, 9.17) is 5.11 Å². The molecule has 8 nitrogen and oxygen atoms in total. The number of hydrogen-bond acceptors (Lipinski definition) is 5. The molecular formula is C10H10IN3O5. The van der Waals surface area contributed by atoms with Gasteiger partial charge in [-0.2, -0.15) is 0 Å². The SMILES string of the molecule is O=C(O)CNC(=O)CNc1ccc(I)cc1[N+](=O)[O-]. The van der Waals surface area contributed by atoms with Crippen LogP contribution in [0.4, 0.5) is 11.4 Å². The molecule has 1 aromatic rings. The van der Waals surface area contributed by atoms with Gasteiger partial charge in [0.2, 0.25) is 5.91 Å². The predicted molar refractivity (Wildman–Crippen MR) is 74.9 cm³/mol. The number of benzene rings is 1. The number of nitrogens with one attached hydrogen (secondary N) is 2. The minimum absolute atomic E-state index is 0.141. The third kappa shape index (κ3) is 5.07. The van der Waals surface area contributed by atoms with Gasteiger partial charge in [-0.3, -0.25) is 19.7 Å². The highest BCUT2D eigenvalue weighted by atomic mass is 127. The Labute approximate surface area is 121 Å². The van der Waals surface area contributed by atoms with Crippen LogP contribution in [-0.4, -0.2) is 35.0 Å². The first-order valence-corrected chi connectivity index (χ1v) is 6.14. The molecule has 3 N–H and O–H groups in total. The van der Waals surface area contributed by atoms with Crippen molar-refractivity contribution in [3.8, 4) is 0 Å². The molecule has 0 saturated heterocycles. The molecule has 1 aromatic carbocycles. The number of carbonyl (C=O) groups excluding carboxylic acids is 1. The highest BCUT2D eigenvalue weighted by Crippen LogP contribution is 2.25. The lowest BCUT2D eigenvalue weighted by molar-refractivity contribution is -0.384. The molecule has 0 aliphatic rings. The average Bonchev–Trinajstić information content (AvgIpc) is 2.34. The molecule has 102 valence electrons. The van der Waals surface area contributed by atoms with E-state index in [9.17, 15) is 19.7 Å². The third-order valence-corrected chi connectivity index (χ3v) is 2.70. The molecule has 0 aliphatic carbocycles. The zero-order valence-corrected chi connectivity index (χ0v) is 11.7. The van der Waals surface area contributed by atoms with Crippen molar-refractivity contribution in [2.45, 2.75) is 0 Å². The summed E-state index contributed by atoms with van der Waals surface area (Å²) < 4.78 is 0.699. The minimum atomic E-state index is -1.16. The number of rotatable bonds is 6. The number of amides is 1. The summed E-state index contributed by atoms with van der Waals surface area (Å²) >= 11 is 1.94. The fourth-order valence-electron chi connectivity index (χ4n) is 1.22. The zero-order chi connectivity index (χ0) is 14.4. The van der Waals surface area contributed by atoms with Gasteiger partial charge in [-0.25, -0.2) is 0 Å². The Hall–Kier alpha value is -1.91. The molecule has 0 spiro atoms. The van der Waals surface area contributed by atoms with E-state index in [1.54, 1.807) is 6.07 Å². The second-order valence-corrected chi connectivity index (χ2v) is 4.69. The van der Waals surface area contributed by atoms with E-state index >= 15 is 0 Å². The molecular weight excluding hydrogens is 369 g/mol. The van der Waals surface area contributed by atoms with E-state index in [0.717, 1.165) is 0 Å². The Balaban J connectivity index is 2.65. The molecule has 19 heavy (non-hydrogen) atoms. The predicted octanol–water partition coefficient (Wildman–Crippen LogP) is 0.812. The van der Waals surface area contributed by atoms with Crippen LogP contribution in [-0.2, 0) is 9.59 Å². The number of nitro benzene ring substituents is 1. The van der Waals surface area contributed by atoms with E-state index < -0.39 is 23.3 Å². The van der Waals surface area contributed by atoms with Gasteiger partial charge in [-0.05, 0) is 34.7 Å². The normalized spacial score (nSPS) is 9.74. The maximum Gasteiger partial charge on any atom is 0.322 e. The topological polar surface area (TPSA) is 122 Å². The summed E-state index contributed by atoms with van der Waals surface area (Å²) in [7, 11) is 0. The van der Waals surface area contributed by atoms with Crippen molar-refractivity contribution in [2.75, 3.05) is 18.4 Å². The summed E-state index contributed by atoms with van der Waals surface area (Å²) in [6, 6.07) is 4.52. The number of nitro groups is 1. The minimum Gasteiger partial charge on any atom is -0.480 e. The van der Waals surface area contributed by atoms with E-state index in [2.05, 4.69) is 10.6 Å². The highest BCUT2D eigenvalue weighted by Gasteiger charge is 2.14. The fourth-order valence-corrected chi connectivity index (χ4v) is 1.69. The Morgan fingerprint density at radius 2 is 2.05 bits per heavy atom. The number of carboxylic acid groups (broad SMARTS) is 1. The molecule has 0 radical (unpaired) electrons. The van der Waals surface area contributed by atoms with Crippen LogP contribution in [0.25, 0.3) is 0 Å². The molecule has 9 heteroatoms. The molecule has 0 atom stereocenters. The number of carboxylic acids is 1. The number of nitrogens with zero attached hydrogens (tertiary/aromatic N) is 1. The largest absolute Gasteiger partial charge is 0.480 e. The Bertz CT molecular complexity index is 520. The zero-order valence-electron chi connectivity index (χ0n) is 9.55. The van der Waals surface area contributed by atoms with Crippen molar-refractivity contribution in [1.29, 1.82) is 0 Å². The average molecular weight is 379 g/mol. The molecule has 0 aliphatic heterocycles. The van der Waals surface area contributed by atoms with Gasteiger partial charge in [-0.15, -0.1) is 0 Å². The van der Waals surface area contributed by atoms with Crippen LogP contribution in [0.5, 0.6) is 0 Å². The van der Waals surface area contributed by atoms with Crippen LogP contribution >= 0.6 is 22.6 Å². The van der Waals surface area contributed by atoms with Crippen molar-refractivity contribution in [3.05, 3.63) is 31.9 Å². The lowest BCUT2D eigenvalue weighted by Crippen LogP contribution is -2.33. The van der Waals surface area contributed by atoms with Gasteiger partial charge in [0.05, 0.1) is 11.5 Å². The summed E-state index contributed by atoms with van der Waals surface area (Å²) in [5.41, 5.74) is 0.0637. The van der Waals surface area contributed by atoms with E-state index in [-0.39, 0.29) is 17.9 Å². The van der Waals surface area contributed by atoms with Gasteiger partial charge < -0.3 is 15.7 Å². The molecule has 1 rings (SSSR count). The molecule has 0 bridgehead atoms. The first-order valence-electron chi connectivity index (χ1n) is 5.06. The van der Waals surface area contributed by atoms with Crippen LogP contribution in [0.1, 0.15) is 0 Å². The van der Waals surface area contributed by atoms with E-state index in [1.807, 2.05) is 22.6 Å². The Morgan fingerprint density at radius 3 is 2.63 bits per heavy atom. The van der Waals surface area contributed by atoms with Crippen LogP contribution in [0.15, 0.2) is 18.2 Å². The molecule has 0 heterocycles. The fraction of sp³-hybridized carbons (Fsp3) is 0.200. The smallest absolute Gasteiger partial charge is 0.322 e. The maximum atomic E-state index is 11.3. The number of aliphatic carboxylic acids is 1. The monoisotopic (exact) mass is 379 g/mol. The van der Waals surface area contributed by atoms with Crippen molar-refractivity contribution in [1.82, 2.24) is 5.32 Å². The molecule has 0 unspecified atom stereocenters. The van der Waals surface area contributed by atoms with Crippen molar-refractivity contribution in [2.24, 2.45) is 0 Å². The first kappa shape index (κ1) is 15.1. The molecule has 0 fully saturated rings. The Morgan fingerprint density at radius 1 is 1.37 bits per heavy atom. The second-order valence-electron chi connectivity index (χ2n) is 3.44. The highest BCUT2D eigenvalue weighted by molar-refractivity contribution is 14.1. The summed E-state index contributed by atoms with van der Waals surface area (Å²) in [6.07, 6.45) is 0. The first-order chi connectivity index (χ1) is 8.90. The molecule has 0 saturated carbocycles. The van der Waals surface area contributed by atoms with Gasteiger partial charge in [0.1, 0.15) is 12.2 Å². The van der Waals surface area contributed by atoms with Gasteiger partial charge in [-0.1, -0.05) is 0 Å². The number of halogens is 1. The Kier molecular flexibility index (Phi) is 5.48. The van der Waals surface area contributed by atoms with Crippen molar-refractivity contribution in [3.63, 3.8) is 0 Å². The maximum absolute atomic E-state index is 11.3. The van der Waals surface area contributed by atoms with E-state index in [1.165, 1.54) is 12.1 Å². The summed E-state index contributed by atoms with van der Waals surface area (Å²) in [6.45, 7) is -0.732. The van der Waals surface area contributed by atoms with Crippen LogP contribution in [0, 0.1) is 13.7 Å². The van der Waals surface area contributed by atoms with Crippen LogP contribution in [0.2, 0.25) is 0 Å². The van der Waals surface area contributed by atoms with E-state index in [0.29, 0.717) is 3.57 Å². The van der Waals surface area contributed by atoms with Crippen molar-refractivity contribution >= 4 is 45.8 Å². The number of anilines is 1. The summed E-state index contributed by atoms with van der Waals surface area (Å²) in [5, 5.41) is 23.9. The van der Waals surface area contributed by atoms with Gasteiger partial charge >= 0.3 is 5.97 Å². The van der Waals surface area contributed by atoms with Crippen LogP contribution in [0.3, 0.4) is 0 Å². The molecule has 1 amide bonds. The van der Waals surface area contributed by atoms with Gasteiger partial charge in [0.15, 0.2) is 0 Å².